The summed E-state index contributed by atoms with van der Waals surface area (Å²) in [6.45, 7) is 2.87. The van der Waals surface area contributed by atoms with E-state index in [1.807, 2.05) is 24.4 Å². The molecule has 0 radical (unpaired) electrons. The Hall–Kier alpha value is -2.35. The zero-order chi connectivity index (χ0) is 13.2. The van der Waals surface area contributed by atoms with Crippen LogP contribution in [0.2, 0.25) is 0 Å². The van der Waals surface area contributed by atoms with Crippen LogP contribution in [0.3, 0.4) is 0 Å². The van der Waals surface area contributed by atoms with Crippen LogP contribution in [0.25, 0.3) is 10.9 Å². The molecule has 1 heterocycles. The summed E-state index contributed by atoms with van der Waals surface area (Å²) in [5.74, 6) is 0. The molecule has 1 aromatic heterocycles. The lowest BCUT2D eigenvalue weighted by Crippen LogP contribution is -1.99. The summed E-state index contributed by atoms with van der Waals surface area (Å²) in [6, 6.07) is 16.4. The van der Waals surface area contributed by atoms with Crippen LogP contribution in [-0.4, -0.2) is 10.9 Å². The van der Waals surface area contributed by atoms with Gasteiger partial charge < -0.3 is 4.57 Å². The number of aromatic nitrogens is 1. The number of hydrogen-bond acceptors (Lipinski definition) is 1. The number of benzene rings is 2. The van der Waals surface area contributed by atoms with Crippen molar-refractivity contribution in [1.82, 2.24) is 4.57 Å². The smallest absolute Gasteiger partial charge is 0.152 e. The summed E-state index contributed by atoms with van der Waals surface area (Å²) in [7, 11) is 0. The predicted octanol–water partition coefficient (Wildman–Crippen LogP) is 3.81. The molecular weight excluding hydrogens is 234 g/mol. The van der Waals surface area contributed by atoms with Crippen molar-refractivity contribution in [2.24, 2.45) is 0 Å². The number of fused-ring (bicyclic) bond motifs is 1. The second kappa shape index (κ2) is 4.73. The molecule has 0 fully saturated rings. The molecule has 3 rings (SSSR count). The molecule has 2 aromatic carbocycles. The Morgan fingerprint density at radius 2 is 1.84 bits per heavy atom. The first-order valence-electron chi connectivity index (χ1n) is 6.36. The third-order valence-corrected chi connectivity index (χ3v) is 3.42. The zero-order valence-electron chi connectivity index (χ0n) is 10.8. The Morgan fingerprint density at radius 3 is 2.58 bits per heavy atom. The van der Waals surface area contributed by atoms with Crippen molar-refractivity contribution in [3.63, 3.8) is 0 Å². The van der Waals surface area contributed by atoms with Crippen molar-refractivity contribution in [1.29, 1.82) is 0 Å². The standard InChI is InChI=1S/C17H15NO/c1-13-5-7-14(8-6-13)11-18-10-9-15-3-2-4-16(12-19)17(15)18/h2-10,12H,11H2,1H3. The lowest BCUT2D eigenvalue weighted by molar-refractivity contribution is 0.112. The molecule has 0 spiro atoms. The SMILES string of the molecule is Cc1ccc(Cn2ccc3cccc(C=O)c32)cc1. The predicted molar refractivity (Wildman–Crippen MR) is 77.6 cm³/mol. The van der Waals surface area contributed by atoms with Gasteiger partial charge in [0.25, 0.3) is 0 Å². The van der Waals surface area contributed by atoms with Gasteiger partial charge in [0.1, 0.15) is 0 Å². The van der Waals surface area contributed by atoms with Crippen LogP contribution in [0.4, 0.5) is 0 Å². The van der Waals surface area contributed by atoms with Crippen molar-refractivity contribution < 1.29 is 4.79 Å². The number of para-hydroxylation sites is 1. The van der Waals surface area contributed by atoms with E-state index in [4.69, 9.17) is 0 Å². The highest BCUT2D eigenvalue weighted by Crippen LogP contribution is 2.20. The molecule has 0 atom stereocenters. The van der Waals surface area contributed by atoms with Crippen LogP contribution in [0.5, 0.6) is 0 Å². The minimum atomic E-state index is 0.745. The summed E-state index contributed by atoms with van der Waals surface area (Å²) >= 11 is 0. The highest BCUT2D eigenvalue weighted by molar-refractivity contribution is 5.96. The van der Waals surface area contributed by atoms with Crippen molar-refractivity contribution in [2.75, 3.05) is 0 Å². The molecule has 0 unspecified atom stereocenters. The molecule has 0 N–H and O–H groups in total. The van der Waals surface area contributed by atoms with E-state index in [-0.39, 0.29) is 0 Å². The normalized spacial score (nSPS) is 10.8. The fraction of sp³-hybridized carbons (Fsp3) is 0.118. The van der Waals surface area contributed by atoms with Gasteiger partial charge in [-0.25, -0.2) is 0 Å². The maximum atomic E-state index is 11.2. The monoisotopic (exact) mass is 249 g/mol. The number of carbonyl (C=O) groups is 1. The molecule has 2 heteroatoms. The highest BCUT2D eigenvalue weighted by atomic mass is 16.1. The number of aldehydes is 1. The fourth-order valence-electron chi connectivity index (χ4n) is 2.41. The van der Waals surface area contributed by atoms with Gasteiger partial charge in [0.2, 0.25) is 0 Å². The summed E-state index contributed by atoms with van der Waals surface area (Å²) in [5.41, 5.74) is 4.26. The highest BCUT2D eigenvalue weighted by Gasteiger charge is 2.06. The molecule has 0 bridgehead atoms. The quantitative estimate of drug-likeness (QED) is 0.647. The first kappa shape index (κ1) is 11.7. The maximum Gasteiger partial charge on any atom is 0.152 e. The van der Waals surface area contributed by atoms with E-state index in [9.17, 15) is 4.79 Å². The Bertz CT molecular complexity index is 723. The van der Waals surface area contributed by atoms with Crippen LogP contribution < -0.4 is 0 Å². The van der Waals surface area contributed by atoms with Gasteiger partial charge >= 0.3 is 0 Å². The van der Waals surface area contributed by atoms with Gasteiger partial charge in [-0.2, -0.15) is 0 Å². The Kier molecular flexibility index (Phi) is 2.92. The molecule has 0 aliphatic carbocycles. The molecule has 0 saturated carbocycles. The average Bonchev–Trinajstić information content (AvgIpc) is 2.85. The van der Waals surface area contributed by atoms with E-state index in [2.05, 4.69) is 41.8 Å². The summed E-state index contributed by atoms with van der Waals surface area (Å²) in [5, 5.41) is 1.11. The average molecular weight is 249 g/mol. The minimum Gasteiger partial charge on any atom is -0.342 e. The van der Waals surface area contributed by atoms with E-state index in [1.165, 1.54) is 11.1 Å². The summed E-state index contributed by atoms with van der Waals surface area (Å²) in [4.78, 5) is 11.2. The van der Waals surface area contributed by atoms with Crippen molar-refractivity contribution in [3.05, 3.63) is 71.4 Å². The Labute approximate surface area is 112 Å². The van der Waals surface area contributed by atoms with E-state index >= 15 is 0 Å². The lowest BCUT2D eigenvalue weighted by atomic mass is 10.1. The molecular formula is C17H15NO. The molecule has 0 saturated heterocycles. The minimum absolute atomic E-state index is 0.745. The van der Waals surface area contributed by atoms with Gasteiger partial charge in [-0.3, -0.25) is 4.79 Å². The number of nitrogens with zero attached hydrogens (tertiary/aromatic N) is 1. The van der Waals surface area contributed by atoms with Gasteiger partial charge in [-0.1, -0.05) is 42.0 Å². The molecule has 3 aromatic rings. The topological polar surface area (TPSA) is 22.0 Å². The Balaban J connectivity index is 2.05. The van der Waals surface area contributed by atoms with E-state index in [0.717, 1.165) is 29.3 Å². The van der Waals surface area contributed by atoms with Crippen LogP contribution in [0.1, 0.15) is 21.5 Å². The van der Waals surface area contributed by atoms with Gasteiger partial charge in [-0.05, 0) is 24.6 Å². The maximum absolute atomic E-state index is 11.2. The van der Waals surface area contributed by atoms with Gasteiger partial charge in [-0.15, -0.1) is 0 Å². The second-order valence-electron chi connectivity index (χ2n) is 4.83. The third-order valence-electron chi connectivity index (χ3n) is 3.42. The molecule has 0 amide bonds. The van der Waals surface area contributed by atoms with Crippen LogP contribution >= 0.6 is 0 Å². The van der Waals surface area contributed by atoms with E-state index in [0.29, 0.717) is 0 Å². The summed E-state index contributed by atoms with van der Waals surface area (Å²) in [6.07, 6.45) is 2.96. The zero-order valence-corrected chi connectivity index (χ0v) is 10.8. The van der Waals surface area contributed by atoms with E-state index < -0.39 is 0 Å². The first-order chi connectivity index (χ1) is 9.28. The summed E-state index contributed by atoms with van der Waals surface area (Å²) < 4.78 is 2.13. The van der Waals surface area contributed by atoms with Crippen molar-refractivity contribution >= 4 is 17.2 Å². The third kappa shape index (κ3) is 2.17. The second-order valence-corrected chi connectivity index (χ2v) is 4.83. The number of carbonyl (C=O) groups excluding carboxylic acids is 1. The number of hydrogen-bond donors (Lipinski definition) is 0. The van der Waals surface area contributed by atoms with Crippen LogP contribution in [-0.2, 0) is 6.54 Å². The van der Waals surface area contributed by atoms with Gasteiger partial charge in [0, 0.05) is 23.7 Å². The molecule has 19 heavy (non-hydrogen) atoms. The van der Waals surface area contributed by atoms with Crippen LogP contribution in [0.15, 0.2) is 54.7 Å². The van der Waals surface area contributed by atoms with Gasteiger partial charge in [0.15, 0.2) is 6.29 Å². The molecule has 2 nitrogen and oxygen atoms in total. The molecule has 0 aliphatic heterocycles. The van der Waals surface area contributed by atoms with Gasteiger partial charge in [0.05, 0.1) is 5.52 Å². The molecule has 94 valence electrons. The molecule has 0 aliphatic rings. The van der Waals surface area contributed by atoms with Crippen molar-refractivity contribution in [3.8, 4) is 0 Å². The number of rotatable bonds is 3. The van der Waals surface area contributed by atoms with Crippen LogP contribution in [0, 0.1) is 6.92 Å². The first-order valence-corrected chi connectivity index (χ1v) is 6.36. The van der Waals surface area contributed by atoms with E-state index in [1.54, 1.807) is 0 Å². The fourth-order valence-corrected chi connectivity index (χ4v) is 2.41. The lowest BCUT2D eigenvalue weighted by Gasteiger charge is -2.07. The Morgan fingerprint density at radius 1 is 1.05 bits per heavy atom. The number of aryl methyl sites for hydroxylation is 1. The van der Waals surface area contributed by atoms with Crippen molar-refractivity contribution in [2.45, 2.75) is 13.5 Å². The largest absolute Gasteiger partial charge is 0.342 e.